The van der Waals surface area contributed by atoms with Gasteiger partial charge in [-0.15, -0.1) is 0 Å². The molecular weight excluding hydrogens is 266 g/mol. The molecule has 116 valence electrons. The molecule has 2 heterocycles. The maximum absolute atomic E-state index is 11.6. The van der Waals surface area contributed by atoms with Crippen molar-refractivity contribution in [2.75, 3.05) is 18.0 Å². The standard InChI is InChI=1S/C16H25N3O2/c1-12-7-8-19(11-12)14-6-5-13(9-17-14)10-18-15(20)21-16(2,3)4/h5-6,9,12H,7-8,10-11H2,1-4H3,(H,18,20)/t12-/m0/s1. The highest BCUT2D eigenvalue weighted by molar-refractivity contribution is 5.67. The molecule has 0 aliphatic carbocycles. The zero-order valence-electron chi connectivity index (χ0n) is 13.3. The van der Waals surface area contributed by atoms with Crippen molar-refractivity contribution in [2.45, 2.75) is 46.3 Å². The Kier molecular flexibility index (Phi) is 4.70. The molecule has 1 fully saturated rings. The number of nitrogens with one attached hydrogen (secondary N) is 1. The Balaban J connectivity index is 1.84. The number of hydrogen-bond donors (Lipinski definition) is 1. The number of alkyl carbamates (subject to hydrolysis) is 1. The minimum absolute atomic E-state index is 0.403. The SMILES string of the molecule is C[C@H]1CCN(c2ccc(CNC(=O)OC(C)(C)C)cn2)C1. The Morgan fingerprint density at radius 2 is 2.24 bits per heavy atom. The predicted molar refractivity (Wildman–Crippen MR) is 83.3 cm³/mol. The molecule has 1 saturated heterocycles. The number of rotatable bonds is 3. The van der Waals surface area contributed by atoms with Gasteiger partial charge in [-0.3, -0.25) is 0 Å². The molecule has 1 N–H and O–H groups in total. The normalized spacial score (nSPS) is 18.7. The van der Waals surface area contributed by atoms with Crippen LogP contribution in [-0.4, -0.2) is 29.8 Å². The van der Waals surface area contributed by atoms with E-state index in [2.05, 4.69) is 22.1 Å². The van der Waals surface area contributed by atoms with Crippen molar-refractivity contribution >= 4 is 11.9 Å². The topological polar surface area (TPSA) is 54.5 Å². The number of hydrogen-bond acceptors (Lipinski definition) is 4. The Morgan fingerprint density at radius 3 is 2.76 bits per heavy atom. The fraction of sp³-hybridized carbons (Fsp3) is 0.625. The Bertz CT molecular complexity index is 479. The van der Waals surface area contributed by atoms with Gasteiger partial charge in [0, 0.05) is 25.8 Å². The van der Waals surface area contributed by atoms with Crippen LogP contribution in [0.3, 0.4) is 0 Å². The summed E-state index contributed by atoms with van der Waals surface area (Å²) in [4.78, 5) is 18.4. The van der Waals surface area contributed by atoms with Gasteiger partial charge < -0.3 is 15.0 Å². The molecule has 0 radical (unpaired) electrons. The van der Waals surface area contributed by atoms with Crippen LogP contribution in [0.1, 0.15) is 39.7 Å². The summed E-state index contributed by atoms with van der Waals surface area (Å²) >= 11 is 0. The quantitative estimate of drug-likeness (QED) is 0.930. The smallest absolute Gasteiger partial charge is 0.407 e. The van der Waals surface area contributed by atoms with Gasteiger partial charge in [-0.2, -0.15) is 0 Å². The summed E-state index contributed by atoms with van der Waals surface area (Å²) in [6.07, 6.45) is 2.64. The first-order valence-electron chi connectivity index (χ1n) is 7.50. The fourth-order valence-corrected chi connectivity index (χ4v) is 2.34. The minimum Gasteiger partial charge on any atom is -0.444 e. The van der Waals surface area contributed by atoms with Crippen LogP contribution in [0.5, 0.6) is 0 Å². The van der Waals surface area contributed by atoms with Gasteiger partial charge in [0.1, 0.15) is 11.4 Å². The molecule has 0 spiro atoms. The average molecular weight is 291 g/mol. The molecule has 0 bridgehead atoms. The number of ether oxygens (including phenoxy) is 1. The Morgan fingerprint density at radius 1 is 1.48 bits per heavy atom. The number of carbonyl (C=O) groups is 1. The lowest BCUT2D eigenvalue weighted by Gasteiger charge is -2.20. The third kappa shape index (κ3) is 4.92. The highest BCUT2D eigenvalue weighted by Crippen LogP contribution is 2.21. The lowest BCUT2D eigenvalue weighted by molar-refractivity contribution is 0.0523. The second-order valence-electron chi connectivity index (χ2n) is 6.72. The van der Waals surface area contributed by atoms with E-state index in [1.165, 1.54) is 6.42 Å². The third-order valence-corrected chi connectivity index (χ3v) is 3.39. The van der Waals surface area contributed by atoms with Crippen LogP contribution in [-0.2, 0) is 11.3 Å². The first-order valence-corrected chi connectivity index (χ1v) is 7.50. The highest BCUT2D eigenvalue weighted by Gasteiger charge is 2.19. The van der Waals surface area contributed by atoms with Gasteiger partial charge in [-0.1, -0.05) is 13.0 Å². The summed E-state index contributed by atoms with van der Waals surface area (Å²) in [7, 11) is 0. The molecule has 1 aromatic heterocycles. The third-order valence-electron chi connectivity index (χ3n) is 3.39. The highest BCUT2D eigenvalue weighted by atomic mass is 16.6. The van der Waals surface area contributed by atoms with E-state index in [4.69, 9.17) is 4.74 Å². The van der Waals surface area contributed by atoms with Gasteiger partial charge in [-0.05, 0) is 44.7 Å². The Labute approximate surface area is 126 Å². The maximum Gasteiger partial charge on any atom is 0.407 e. The monoisotopic (exact) mass is 291 g/mol. The van der Waals surface area contributed by atoms with Crippen molar-refractivity contribution in [2.24, 2.45) is 5.92 Å². The number of nitrogens with zero attached hydrogens (tertiary/aromatic N) is 2. The van der Waals surface area contributed by atoms with Crippen LogP contribution >= 0.6 is 0 Å². The Hall–Kier alpha value is -1.78. The van der Waals surface area contributed by atoms with Crippen LogP contribution in [0.25, 0.3) is 0 Å². The van der Waals surface area contributed by atoms with Crippen LogP contribution in [0.15, 0.2) is 18.3 Å². The van der Waals surface area contributed by atoms with Crippen molar-refractivity contribution in [1.82, 2.24) is 10.3 Å². The molecule has 1 amide bonds. The zero-order valence-corrected chi connectivity index (χ0v) is 13.3. The first-order chi connectivity index (χ1) is 9.83. The lowest BCUT2D eigenvalue weighted by Crippen LogP contribution is -2.32. The summed E-state index contributed by atoms with van der Waals surface area (Å²) in [6.45, 7) is 10.4. The molecule has 21 heavy (non-hydrogen) atoms. The first kappa shape index (κ1) is 15.6. The fourth-order valence-electron chi connectivity index (χ4n) is 2.34. The summed E-state index contributed by atoms with van der Waals surface area (Å²) in [6, 6.07) is 4.02. The summed E-state index contributed by atoms with van der Waals surface area (Å²) in [5, 5.41) is 2.74. The van der Waals surface area contributed by atoms with E-state index in [1.54, 1.807) is 0 Å². The second-order valence-corrected chi connectivity index (χ2v) is 6.72. The molecule has 1 aliphatic heterocycles. The molecule has 1 aliphatic rings. The van der Waals surface area contributed by atoms with Crippen LogP contribution < -0.4 is 10.2 Å². The number of aromatic nitrogens is 1. The number of anilines is 1. The molecule has 2 rings (SSSR count). The molecule has 0 saturated carbocycles. The van der Waals surface area contributed by atoms with Crippen molar-refractivity contribution in [3.63, 3.8) is 0 Å². The van der Waals surface area contributed by atoms with Crippen molar-refractivity contribution in [1.29, 1.82) is 0 Å². The van der Waals surface area contributed by atoms with Crippen molar-refractivity contribution in [3.8, 4) is 0 Å². The van der Waals surface area contributed by atoms with Gasteiger partial charge in [0.15, 0.2) is 0 Å². The molecule has 5 heteroatoms. The van der Waals surface area contributed by atoms with E-state index >= 15 is 0 Å². The molecule has 0 aromatic carbocycles. The maximum atomic E-state index is 11.6. The summed E-state index contributed by atoms with van der Waals surface area (Å²) in [5.74, 6) is 1.75. The van der Waals surface area contributed by atoms with E-state index in [9.17, 15) is 4.79 Å². The van der Waals surface area contributed by atoms with Gasteiger partial charge in [-0.25, -0.2) is 9.78 Å². The molecular formula is C16H25N3O2. The van der Waals surface area contributed by atoms with Gasteiger partial charge in [0.2, 0.25) is 0 Å². The average Bonchev–Trinajstić information content (AvgIpc) is 2.82. The van der Waals surface area contributed by atoms with E-state index < -0.39 is 11.7 Å². The van der Waals surface area contributed by atoms with E-state index in [0.717, 1.165) is 30.4 Å². The lowest BCUT2D eigenvalue weighted by atomic mass is 10.2. The molecule has 1 atom stereocenters. The molecule has 5 nitrogen and oxygen atoms in total. The molecule has 0 unspecified atom stereocenters. The van der Waals surface area contributed by atoms with E-state index in [1.807, 2.05) is 39.1 Å². The minimum atomic E-state index is -0.474. The number of pyridine rings is 1. The molecule has 1 aromatic rings. The van der Waals surface area contributed by atoms with Gasteiger partial charge in [0.05, 0.1) is 0 Å². The summed E-state index contributed by atoms with van der Waals surface area (Å²) < 4.78 is 5.20. The number of amides is 1. The van der Waals surface area contributed by atoms with Crippen molar-refractivity contribution < 1.29 is 9.53 Å². The predicted octanol–water partition coefficient (Wildman–Crippen LogP) is 2.95. The van der Waals surface area contributed by atoms with Crippen molar-refractivity contribution in [3.05, 3.63) is 23.9 Å². The zero-order chi connectivity index (χ0) is 15.5. The van der Waals surface area contributed by atoms with Crippen LogP contribution in [0, 0.1) is 5.92 Å². The second kappa shape index (κ2) is 6.33. The van der Waals surface area contributed by atoms with Crippen LogP contribution in [0.2, 0.25) is 0 Å². The van der Waals surface area contributed by atoms with Gasteiger partial charge in [0.25, 0.3) is 0 Å². The summed E-state index contributed by atoms with van der Waals surface area (Å²) in [5.41, 5.74) is 0.496. The largest absolute Gasteiger partial charge is 0.444 e. The van der Waals surface area contributed by atoms with E-state index in [-0.39, 0.29) is 0 Å². The number of carbonyl (C=O) groups excluding carboxylic acids is 1. The van der Waals surface area contributed by atoms with Crippen LogP contribution in [0.4, 0.5) is 10.6 Å². The van der Waals surface area contributed by atoms with Gasteiger partial charge >= 0.3 is 6.09 Å². The van der Waals surface area contributed by atoms with E-state index in [0.29, 0.717) is 6.54 Å².